The second-order valence-electron chi connectivity index (χ2n) is 5.71. The Hall–Kier alpha value is -0.690. The molecule has 0 aromatic heterocycles. The van der Waals surface area contributed by atoms with Crippen molar-refractivity contribution in [3.63, 3.8) is 0 Å². The minimum Gasteiger partial charge on any atom is -0.339 e. The largest absolute Gasteiger partial charge is 0.339 e. The van der Waals surface area contributed by atoms with Gasteiger partial charge in [0.1, 0.15) is 0 Å². The predicted molar refractivity (Wildman–Crippen MR) is 80.8 cm³/mol. The van der Waals surface area contributed by atoms with E-state index in [1.807, 2.05) is 4.90 Å². The monoisotopic (exact) mass is 283 g/mol. The molecule has 0 aromatic carbocycles. The molecule has 2 aliphatic heterocycles. The second-order valence-corrected chi connectivity index (χ2v) is 5.71. The molecule has 2 saturated heterocycles. The number of rotatable bonds is 1. The minimum absolute atomic E-state index is 0.101. The first-order valence-electron chi connectivity index (χ1n) is 7.90. The van der Waals surface area contributed by atoms with Crippen LogP contribution in [0.5, 0.6) is 0 Å². The molecule has 2 heterocycles. The summed E-state index contributed by atoms with van der Waals surface area (Å²) in [6.07, 6.45) is 2.15. The van der Waals surface area contributed by atoms with E-state index >= 15 is 0 Å². The Morgan fingerprint density at radius 2 is 1.45 bits per heavy atom. The number of likely N-dealkylation sites (tertiary alicyclic amines) is 1. The lowest BCUT2D eigenvalue weighted by Crippen LogP contribution is -2.49. The van der Waals surface area contributed by atoms with Gasteiger partial charge in [-0.3, -0.25) is 9.69 Å². The second kappa shape index (κ2) is 8.56. The number of likely N-dealkylation sites (N-methyl/N-ethyl adjacent to an activating group) is 1. The van der Waals surface area contributed by atoms with Crippen LogP contribution in [0.1, 0.15) is 12.8 Å². The average molecular weight is 283 g/mol. The topological polar surface area (TPSA) is 59.6 Å². The fourth-order valence-corrected chi connectivity index (χ4v) is 2.92. The highest BCUT2D eigenvalue weighted by Gasteiger charge is 2.30. The third-order valence-electron chi connectivity index (χ3n) is 4.19. The first-order valence-corrected chi connectivity index (χ1v) is 7.90. The normalized spacial score (nSPS) is 27.9. The lowest BCUT2D eigenvalue weighted by atomic mass is 10.2. The minimum atomic E-state index is 0.101. The van der Waals surface area contributed by atoms with Gasteiger partial charge in [0.25, 0.3) is 0 Å². The zero-order chi connectivity index (χ0) is 14.2. The molecule has 2 fully saturated rings. The standard InChI is InChI=1S/C14H29N5O/c1-18-10-2-3-13(18)14(20)19-11-8-16-6-4-15-5-7-17-9-12-19/h13,15-17H,2-12H2,1H3/t13-/m0/s1. The van der Waals surface area contributed by atoms with Gasteiger partial charge in [-0.15, -0.1) is 0 Å². The van der Waals surface area contributed by atoms with Gasteiger partial charge >= 0.3 is 0 Å². The molecular weight excluding hydrogens is 254 g/mol. The fourth-order valence-electron chi connectivity index (χ4n) is 2.92. The Kier molecular flexibility index (Phi) is 6.72. The Morgan fingerprint density at radius 3 is 1.95 bits per heavy atom. The van der Waals surface area contributed by atoms with Crippen LogP contribution in [0, 0.1) is 0 Å². The van der Waals surface area contributed by atoms with Crippen LogP contribution in [0.3, 0.4) is 0 Å². The smallest absolute Gasteiger partial charge is 0.240 e. The number of carbonyl (C=O) groups excluding carboxylic acids is 1. The first kappa shape index (κ1) is 15.7. The molecule has 116 valence electrons. The van der Waals surface area contributed by atoms with Gasteiger partial charge < -0.3 is 20.9 Å². The van der Waals surface area contributed by atoms with Crippen molar-refractivity contribution in [3.8, 4) is 0 Å². The SMILES string of the molecule is CN1CCC[C@H]1C(=O)N1CCNCCNCCNCC1. The van der Waals surface area contributed by atoms with Gasteiger partial charge in [-0.25, -0.2) is 0 Å². The van der Waals surface area contributed by atoms with E-state index in [1.165, 1.54) is 0 Å². The fraction of sp³-hybridized carbons (Fsp3) is 0.929. The summed E-state index contributed by atoms with van der Waals surface area (Å²) < 4.78 is 0. The third-order valence-corrected chi connectivity index (χ3v) is 4.19. The molecule has 6 nitrogen and oxygen atoms in total. The van der Waals surface area contributed by atoms with Crippen LogP contribution in [0.2, 0.25) is 0 Å². The van der Waals surface area contributed by atoms with Crippen LogP contribution in [0.25, 0.3) is 0 Å². The van der Waals surface area contributed by atoms with Crippen molar-refractivity contribution in [2.75, 3.05) is 66.0 Å². The van der Waals surface area contributed by atoms with Gasteiger partial charge in [0, 0.05) is 52.4 Å². The van der Waals surface area contributed by atoms with Crippen molar-refractivity contribution in [2.24, 2.45) is 0 Å². The molecule has 3 N–H and O–H groups in total. The zero-order valence-electron chi connectivity index (χ0n) is 12.7. The summed E-state index contributed by atoms with van der Waals surface area (Å²) in [5.74, 6) is 0.309. The van der Waals surface area contributed by atoms with Crippen molar-refractivity contribution >= 4 is 5.91 Å². The molecular formula is C14H29N5O. The van der Waals surface area contributed by atoms with Gasteiger partial charge in [-0.05, 0) is 26.4 Å². The van der Waals surface area contributed by atoms with Crippen LogP contribution >= 0.6 is 0 Å². The quantitative estimate of drug-likeness (QED) is 0.558. The number of nitrogens with one attached hydrogen (secondary N) is 3. The number of hydrogen-bond donors (Lipinski definition) is 3. The molecule has 0 aliphatic carbocycles. The number of amides is 1. The van der Waals surface area contributed by atoms with E-state index in [1.54, 1.807) is 0 Å². The van der Waals surface area contributed by atoms with Crippen molar-refractivity contribution in [3.05, 3.63) is 0 Å². The van der Waals surface area contributed by atoms with Crippen LogP contribution < -0.4 is 16.0 Å². The van der Waals surface area contributed by atoms with E-state index in [4.69, 9.17) is 0 Å². The van der Waals surface area contributed by atoms with Crippen LogP contribution in [-0.4, -0.2) is 87.7 Å². The third kappa shape index (κ3) is 4.70. The van der Waals surface area contributed by atoms with E-state index in [9.17, 15) is 4.79 Å². The maximum atomic E-state index is 12.6. The Balaban J connectivity index is 1.86. The summed E-state index contributed by atoms with van der Waals surface area (Å²) in [5, 5.41) is 10.2. The number of nitrogens with zero attached hydrogens (tertiary/aromatic N) is 2. The highest BCUT2D eigenvalue weighted by atomic mass is 16.2. The number of carbonyl (C=O) groups is 1. The first-order chi connectivity index (χ1) is 9.79. The summed E-state index contributed by atoms with van der Waals surface area (Å²) in [7, 11) is 2.06. The zero-order valence-corrected chi connectivity index (χ0v) is 12.7. The van der Waals surface area contributed by atoms with Gasteiger partial charge in [0.05, 0.1) is 6.04 Å². The van der Waals surface area contributed by atoms with Crippen LogP contribution in [-0.2, 0) is 4.79 Å². The molecule has 2 rings (SSSR count). The highest BCUT2D eigenvalue weighted by Crippen LogP contribution is 2.16. The van der Waals surface area contributed by atoms with E-state index in [0.29, 0.717) is 5.91 Å². The Labute approximate surface area is 122 Å². The maximum absolute atomic E-state index is 12.6. The molecule has 1 amide bonds. The van der Waals surface area contributed by atoms with E-state index in [0.717, 1.165) is 71.7 Å². The molecule has 0 radical (unpaired) electrons. The molecule has 20 heavy (non-hydrogen) atoms. The summed E-state index contributed by atoms with van der Waals surface area (Å²) in [6.45, 7) is 8.33. The predicted octanol–water partition coefficient (Wildman–Crippen LogP) is -1.31. The molecule has 0 spiro atoms. The van der Waals surface area contributed by atoms with Gasteiger partial charge in [-0.1, -0.05) is 0 Å². The Bertz CT molecular complexity index is 287. The molecule has 1 atom stereocenters. The van der Waals surface area contributed by atoms with Gasteiger partial charge in [0.2, 0.25) is 5.91 Å². The molecule has 0 bridgehead atoms. The van der Waals surface area contributed by atoms with Gasteiger partial charge in [-0.2, -0.15) is 0 Å². The summed E-state index contributed by atoms with van der Waals surface area (Å²) >= 11 is 0. The lowest BCUT2D eigenvalue weighted by molar-refractivity contribution is -0.135. The maximum Gasteiger partial charge on any atom is 0.240 e. The van der Waals surface area contributed by atoms with Crippen LogP contribution in [0.15, 0.2) is 0 Å². The Morgan fingerprint density at radius 1 is 0.900 bits per heavy atom. The van der Waals surface area contributed by atoms with Crippen molar-refractivity contribution < 1.29 is 4.79 Å². The van der Waals surface area contributed by atoms with E-state index in [-0.39, 0.29) is 6.04 Å². The molecule has 0 saturated carbocycles. The van der Waals surface area contributed by atoms with Crippen molar-refractivity contribution in [1.82, 2.24) is 25.8 Å². The summed E-state index contributed by atoms with van der Waals surface area (Å²) in [4.78, 5) is 16.9. The van der Waals surface area contributed by atoms with E-state index < -0.39 is 0 Å². The molecule has 2 aliphatic rings. The lowest BCUT2D eigenvalue weighted by Gasteiger charge is -2.29. The van der Waals surface area contributed by atoms with Gasteiger partial charge in [0.15, 0.2) is 0 Å². The average Bonchev–Trinajstić information content (AvgIpc) is 2.85. The van der Waals surface area contributed by atoms with Crippen molar-refractivity contribution in [1.29, 1.82) is 0 Å². The van der Waals surface area contributed by atoms with Crippen molar-refractivity contribution in [2.45, 2.75) is 18.9 Å². The van der Waals surface area contributed by atoms with E-state index in [2.05, 4.69) is 27.9 Å². The summed E-state index contributed by atoms with van der Waals surface area (Å²) in [5.41, 5.74) is 0. The summed E-state index contributed by atoms with van der Waals surface area (Å²) in [6, 6.07) is 0.101. The number of hydrogen-bond acceptors (Lipinski definition) is 5. The molecule has 0 unspecified atom stereocenters. The molecule has 0 aromatic rings. The van der Waals surface area contributed by atoms with Crippen LogP contribution in [0.4, 0.5) is 0 Å². The highest BCUT2D eigenvalue weighted by molar-refractivity contribution is 5.82. The molecule has 6 heteroatoms.